The molecule has 1 aromatic heterocycles. The molecule has 1 amide bonds. The summed E-state index contributed by atoms with van der Waals surface area (Å²) < 4.78 is 1.16. The van der Waals surface area contributed by atoms with Gasteiger partial charge in [0.05, 0.1) is 21.1 Å². The van der Waals surface area contributed by atoms with Crippen molar-refractivity contribution in [1.82, 2.24) is 10.3 Å². The van der Waals surface area contributed by atoms with Crippen molar-refractivity contribution < 1.29 is 14.7 Å². The number of thiazole rings is 1. The van der Waals surface area contributed by atoms with Gasteiger partial charge in [-0.25, -0.2) is 4.98 Å². The van der Waals surface area contributed by atoms with E-state index < -0.39 is 11.9 Å². The van der Waals surface area contributed by atoms with Crippen LogP contribution in [-0.2, 0) is 16.0 Å². The van der Waals surface area contributed by atoms with Gasteiger partial charge in [-0.3, -0.25) is 9.59 Å². The van der Waals surface area contributed by atoms with Crippen LogP contribution in [-0.4, -0.2) is 28.0 Å². The van der Waals surface area contributed by atoms with Crippen LogP contribution < -0.4 is 5.32 Å². The fraction of sp³-hybridized carbons (Fsp3) is 0.438. The molecule has 2 aromatic rings. The second kappa shape index (κ2) is 7.35. The van der Waals surface area contributed by atoms with Gasteiger partial charge in [-0.1, -0.05) is 12.1 Å². The molecule has 0 aliphatic carbocycles. The Hall–Kier alpha value is -1.95. The third-order valence-electron chi connectivity index (χ3n) is 3.66. The van der Waals surface area contributed by atoms with E-state index in [0.717, 1.165) is 21.6 Å². The van der Waals surface area contributed by atoms with Gasteiger partial charge in [0.15, 0.2) is 0 Å². The van der Waals surface area contributed by atoms with E-state index in [0.29, 0.717) is 12.8 Å². The number of benzene rings is 1. The molecule has 2 atom stereocenters. The summed E-state index contributed by atoms with van der Waals surface area (Å²) in [5.74, 6) is -1.60. The second-order valence-corrected chi connectivity index (χ2v) is 6.53. The summed E-state index contributed by atoms with van der Waals surface area (Å²) in [6.07, 6.45) is 1.85. The lowest BCUT2D eigenvalue weighted by Crippen LogP contribution is -2.39. The number of amides is 1. The van der Waals surface area contributed by atoms with Crippen LogP contribution in [0.4, 0.5) is 0 Å². The lowest BCUT2D eigenvalue weighted by molar-refractivity contribution is -0.142. The molecule has 5 nitrogen and oxygen atoms in total. The quantitative estimate of drug-likeness (QED) is 0.822. The van der Waals surface area contributed by atoms with Gasteiger partial charge in [0.1, 0.15) is 0 Å². The fourth-order valence-corrected chi connectivity index (χ4v) is 3.10. The fourth-order valence-electron chi connectivity index (χ4n) is 2.09. The van der Waals surface area contributed by atoms with E-state index >= 15 is 0 Å². The van der Waals surface area contributed by atoms with Crippen LogP contribution in [0, 0.1) is 5.92 Å². The molecule has 6 heteroatoms. The summed E-state index contributed by atoms with van der Waals surface area (Å²) in [6.45, 7) is 3.30. The van der Waals surface area contributed by atoms with Crippen LogP contribution in [0.1, 0.15) is 31.7 Å². The minimum absolute atomic E-state index is 0.110. The molecule has 2 N–H and O–H groups in total. The first-order valence-electron chi connectivity index (χ1n) is 7.34. The first kappa shape index (κ1) is 16.4. The number of carbonyl (C=O) groups is 2. The number of carboxylic acids is 1. The summed E-state index contributed by atoms with van der Waals surface area (Å²) in [7, 11) is 0. The molecule has 0 aliphatic heterocycles. The highest BCUT2D eigenvalue weighted by Gasteiger charge is 2.20. The summed E-state index contributed by atoms with van der Waals surface area (Å²) in [5.41, 5.74) is 0.996. The Morgan fingerprint density at radius 3 is 2.73 bits per heavy atom. The van der Waals surface area contributed by atoms with Crippen molar-refractivity contribution >= 4 is 33.4 Å². The first-order valence-corrected chi connectivity index (χ1v) is 8.15. The van der Waals surface area contributed by atoms with Crippen molar-refractivity contribution in [3.8, 4) is 0 Å². The van der Waals surface area contributed by atoms with Gasteiger partial charge in [0.25, 0.3) is 0 Å². The van der Waals surface area contributed by atoms with E-state index in [1.807, 2.05) is 24.3 Å². The van der Waals surface area contributed by atoms with E-state index in [9.17, 15) is 9.59 Å². The van der Waals surface area contributed by atoms with Gasteiger partial charge in [-0.15, -0.1) is 11.3 Å². The molecule has 1 heterocycles. The molecule has 0 spiro atoms. The molecule has 0 saturated carbocycles. The van der Waals surface area contributed by atoms with Gasteiger partial charge in [0, 0.05) is 12.5 Å². The second-order valence-electron chi connectivity index (χ2n) is 5.41. The number of carbonyl (C=O) groups excluding carboxylic acids is 1. The van der Waals surface area contributed by atoms with E-state index in [-0.39, 0.29) is 11.9 Å². The Morgan fingerprint density at radius 1 is 1.32 bits per heavy atom. The lowest BCUT2D eigenvalue weighted by atomic mass is 10.0. The van der Waals surface area contributed by atoms with Crippen molar-refractivity contribution in [3.05, 3.63) is 29.3 Å². The number of carboxylic acid groups (broad SMARTS) is 1. The molecule has 0 bridgehead atoms. The molecule has 0 radical (unpaired) electrons. The molecule has 2 rings (SSSR count). The highest BCUT2D eigenvalue weighted by Crippen LogP contribution is 2.22. The molecular weight excluding hydrogens is 300 g/mol. The van der Waals surface area contributed by atoms with E-state index in [1.165, 1.54) is 0 Å². The molecule has 22 heavy (non-hydrogen) atoms. The van der Waals surface area contributed by atoms with Crippen molar-refractivity contribution in [1.29, 1.82) is 0 Å². The number of hydrogen-bond acceptors (Lipinski definition) is 4. The number of para-hydroxylation sites is 1. The molecule has 118 valence electrons. The molecule has 0 fully saturated rings. The van der Waals surface area contributed by atoms with Crippen molar-refractivity contribution in [3.63, 3.8) is 0 Å². The van der Waals surface area contributed by atoms with Crippen LogP contribution in [0.15, 0.2) is 24.3 Å². The lowest BCUT2D eigenvalue weighted by Gasteiger charge is -2.17. The Morgan fingerprint density at radius 2 is 2.05 bits per heavy atom. The van der Waals surface area contributed by atoms with Crippen LogP contribution >= 0.6 is 11.3 Å². The Labute approximate surface area is 133 Å². The maximum absolute atomic E-state index is 11.8. The molecular formula is C16H20N2O3S. The number of nitrogens with zero attached hydrogens (tertiary/aromatic N) is 1. The van der Waals surface area contributed by atoms with E-state index in [4.69, 9.17) is 5.11 Å². The van der Waals surface area contributed by atoms with Gasteiger partial charge in [0.2, 0.25) is 5.91 Å². The summed E-state index contributed by atoms with van der Waals surface area (Å²) in [5, 5.41) is 12.7. The van der Waals surface area contributed by atoms with Crippen molar-refractivity contribution in [2.75, 3.05) is 0 Å². The maximum Gasteiger partial charge on any atom is 0.308 e. The van der Waals surface area contributed by atoms with Crippen molar-refractivity contribution in [2.24, 2.45) is 5.92 Å². The first-order chi connectivity index (χ1) is 10.5. The summed E-state index contributed by atoms with van der Waals surface area (Å²) in [4.78, 5) is 27.2. The van der Waals surface area contributed by atoms with Gasteiger partial charge in [-0.05, 0) is 38.8 Å². The van der Waals surface area contributed by atoms with Gasteiger partial charge >= 0.3 is 5.97 Å². The third-order valence-corrected chi connectivity index (χ3v) is 4.76. The Balaban J connectivity index is 1.78. The van der Waals surface area contributed by atoms with Crippen LogP contribution in [0.3, 0.4) is 0 Å². The average Bonchev–Trinajstić information content (AvgIpc) is 2.88. The average molecular weight is 320 g/mol. The molecule has 1 aromatic carbocycles. The maximum atomic E-state index is 11.8. The zero-order chi connectivity index (χ0) is 16.1. The third kappa shape index (κ3) is 4.27. The number of aromatic nitrogens is 1. The molecule has 2 unspecified atom stereocenters. The van der Waals surface area contributed by atoms with Gasteiger partial charge in [-0.2, -0.15) is 0 Å². The van der Waals surface area contributed by atoms with Crippen LogP contribution in [0.2, 0.25) is 0 Å². The number of hydrogen-bond donors (Lipinski definition) is 2. The monoisotopic (exact) mass is 320 g/mol. The minimum Gasteiger partial charge on any atom is -0.481 e. The highest BCUT2D eigenvalue weighted by molar-refractivity contribution is 7.18. The predicted octanol–water partition coefficient (Wildman–Crippen LogP) is 2.84. The predicted molar refractivity (Wildman–Crippen MR) is 87.0 cm³/mol. The molecule has 0 saturated heterocycles. The highest BCUT2D eigenvalue weighted by atomic mass is 32.1. The van der Waals surface area contributed by atoms with Crippen LogP contribution in [0.25, 0.3) is 10.2 Å². The Bertz CT molecular complexity index is 635. The number of aryl methyl sites for hydroxylation is 1. The number of rotatable bonds is 7. The largest absolute Gasteiger partial charge is 0.481 e. The van der Waals surface area contributed by atoms with Crippen LogP contribution in [0.5, 0.6) is 0 Å². The van der Waals surface area contributed by atoms with E-state index in [2.05, 4.69) is 10.3 Å². The standard InChI is InChI=1S/C16H20N2O3S/c1-10(16(20)21)11(2)17-14(19)8-5-9-15-18-12-6-3-4-7-13(12)22-15/h3-4,6-7,10-11H,5,8-9H2,1-2H3,(H,17,19)(H,20,21). The summed E-state index contributed by atoms with van der Waals surface area (Å²) in [6, 6.07) is 7.61. The van der Waals surface area contributed by atoms with Crippen molar-refractivity contribution in [2.45, 2.75) is 39.2 Å². The zero-order valence-corrected chi connectivity index (χ0v) is 13.5. The number of aliphatic carboxylic acids is 1. The Kier molecular flexibility index (Phi) is 5.49. The minimum atomic E-state index is -0.901. The topological polar surface area (TPSA) is 79.3 Å². The normalized spacial score (nSPS) is 13.7. The van der Waals surface area contributed by atoms with Gasteiger partial charge < -0.3 is 10.4 Å². The molecule has 0 aliphatic rings. The number of nitrogens with one attached hydrogen (secondary N) is 1. The SMILES string of the molecule is CC(NC(=O)CCCc1nc2ccccc2s1)C(C)C(=O)O. The summed E-state index contributed by atoms with van der Waals surface area (Å²) >= 11 is 1.65. The smallest absolute Gasteiger partial charge is 0.308 e. The zero-order valence-electron chi connectivity index (χ0n) is 12.7. The van der Waals surface area contributed by atoms with E-state index in [1.54, 1.807) is 25.2 Å². The number of fused-ring (bicyclic) bond motifs is 1.